The Kier molecular flexibility index (Phi) is 5.36. The molecule has 3 aromatic rings. The molecular formula is C18H13ClF3N3O2. The second-order valence-electron chi connectivity index (χ2n) is 5.51. The van der Waals surface area contributed by atoms with Crippen LogP contribution in [0.2, 0.25) is 5.02 Å². The highest BCUT2D eigenvalue weighted by Gasteiger charge is 2.31. The van der Waals surface area contributed by atoms with Gasteiger partial charge in [-0.05, 0) is 42.5 Å². The van der Waals surface area contributed by atoms with Crippen LogP contribution < -0.4 is 10.6 Å². The predicted octanol–water partition coefficient (Wildman–Crippen LogP) is 5.21. The van der Waals surface area contributed by atoms with Crippen molar-refractivity contribution in [3.63, 3.8) is 0 Å². The van der Waals surface area contributed by atoms with Crippen molar-refractivity contribution < 1.29 is 22.4 Å². The van der Waals surface area contributed by atoms with E-state index in [1.54, 1.807) is 24.5 Å². The van der Waals surface area contributed by atoms with Crippen molar-refractivity contribution in [2.75, 3.05) is 10.6 Å². The normalized spacial score (nSPS) is 11.3. The monoisotopic (exact) mass is 395 g/mol. The summed E-state index contributed by atoms with van der Waals surface area (Å²) in [6.07, 6.45) is -1.54. The Morgan fingerprint density at radius 1 is 1.19 bits per heavy atom. The zero-order valence-electron chi connectivity index (χ0n) is 13.7. The minimum absolute atomic E-state index is 0.00640. The van der Waals surface area contributed by atoms with Crippen LogP contribution in [0.4, 0.5) is 24.5 Å². The van der Waals surface area contributed by atoms with Gasteiger partial charge in [0, 0.05) is 0 Å². The summed E-state index contributed by atoms with van der Waals surface area (Å²) in [4.78, 5) is 16.2. The molecule has 0 unspecified atom stereocenters. The number of benzene rings is 1. The summed E-state index contributed by atoms with van der Waals surface area (Å²) >= 11 is 5.87. The van der Waals surface area contributed by atoms with Gasteiger partial charge in [0.2, 0.25) is 0 Å². The zero-order chi connectivity index (χ0) is 19.4. The molecule has 9 heteroatoms. The second-order valence-corrected chi connectivity index (χ2v) is 5.92. The molecule has 27 heavy (non-hydrogen) atoms. The number of anilines is 2. The number of carbonyl (C=O) groups is 1. The van der Waals surface area contributed by atoms with Crippen LogP contribution in [0.15, 0.2) is 59.3 Å². The van der Waals surface area contributed by atoms with Crippen LogP contribution in [-0.2, 0) is 12.7 Å². The summed E-state index contributed by atoms with van der Waals surface area (Å²) in [6.45, 7) is 0.445. The van der Waals surface area contributed by atoms with Crippen molar-refractivity contribution in [1.29, 1.82) is 0 Å². The Bertz CT molecular complexity index is 926. The molecule has 2 N–H and O–H groups in total. The highest BCUT2D eigenvalue weighted by Crippen LogP contribution is 2.33. The Hall–Kier alpha value is -3.00. The second kappa shape index (κ2) is 7.71. The number of hydrogen-bond acceptors (Lipinski definition) is 4. The first-order valence-electron chi connectivity index (χ1n) is 7.73. The van der Waals surface area contributed by atoms with E-state index >= 15 is 0 Å². The van der Waals surface area contributed by atoms with Crippen LogP contribution in [0.25, 0.3) is 0 Å². The van der Waals surface area contributed by atoms with Crippen LogP contribution in [0.5, 0.6) is 0 Å². The molecule has 0 aliphatic rings. The maximum absolute atomic E-state index is 12.8. The van der Waals surface area contributed by atoms with E-state index in [-0.39, 0.29) is 16.4 Å². The number of amides is 1. The van der Waals surface area contributed by atoms with Gasteiger partial charge in [0.05, 0.1) is 41.0 Å². The number of aromatic nitrogens is 1. The molecule has 1 amide bonds. The van der Waals surface area contributed by atoms with Gasteiger partial charge in [0.1, 0.15) is 11.5 Å². The van der Waals surface area contributed by atoms with Gasteiger partial charge in [0.15, 0.2) is 0 Å². The fraction of sp³-hybridized carbons (Fsp3) is 0.111. The average molecular weight is 396 g/mol. The molecule has 140 valence electrons. The maximum atomic E-state index is 12.8. The highest BCUT2D eigenvalue weighted by atomic mass is 35.5. The van der Waals surface area contributed by atoms with Gasteiger partial charge in [-0.25, -0.2) is 4.98 Å². The number of carbonyl (C=O) groups excluding carboxylic acids is 1. The van der Waals surface area contributed by atoms with E-state index in [1.807, 2.05) is 0 Å². The smallest absolute Gasteiger partial charge is 0.416 e. The van der Waals surface area contributed by atoms with E-state index in [9.17, 15) is 18.0 Å². The third-order valence-electron chi connectivity index (χ3n) is 3.58. The van der Waals surface area contributed by atoms with Gasteiger partial charge in [-0.3, -0.25) is 4.79 Å². The Morgan fingerprint density at radius 2 is 2.00 bits per heavy atom. The van der Waals surface area contributed by atoms with Crippen LogP contribution in [0.3, 0.4) is 0 Å². The van der Waals surface area contributed by atoms with Crippen LogP contribution in [0, 0.1) is 0 Å². The van der Waals surface area contributed by atoms with Crippen molar-refractivity contribution in [1.82, 2.24) is 4.98 Å². The van der Waals surface area contributed by atoms with Crippen molar-refractivity contribution in [3.05, 3.63) is 77.0 Å². The van der Waals surface area contributed by atoms with Gasteiger partial charge in [-0.2, -0.15) is 13.2 Å². The Labute approximate surface area is 157 Å². The first-order chi connectivity index (χ1) is 12.8. The summed E-state index contributed by atoms with van der Waals surface area (Å²) in [7, 11) is 0. The molecule has 0 fully saturated rings. The summed E-state index contributed by atoms with van der Waals surface area (Å²) < 4.78 is 43.6. The quantitative estimate of drug-likeness (QED) is 0.622. The molecule has 0 aliphatic heterocycles. The van der Waals surface area contributed by atoms with Crippen molar-refractivity contribution in [2.24, 2.45) is 0 Å². The molecule has 0 aliphatic carbocycles. The topological polar surface area (TPSA) is 67.2 Å². The van der Waals surface area contributed by atoms with E-state index in [0.717, 1.165) is 24.0 Å². The lowest BCUT2D eigenvalue weighted by atomic mass is 10.2. The number of pyridine rings is 1. The van der Waals surface area contributed by atoms with Crippen molar-refractivity contribution >= 4 is 28.9 Å². The molecule has 3 rings (SSSR count). The molecule has 5 nitrogen and oxygen atoms in total. The standard InChI is InChI=1S/C18H13ClF3N3O2/c19-14-5-3-11(18(20,21)22)8-16(14)25-17(26)15-6-4-12(9-24-15)23-10-13-2-1-7-27-13/h1-9,23H,10H2,(H,25,26). The third kappa shape index (κ3) is 4.79. The number of furan rings is 1. The third-order valence-corrected chi connectivity index (χ3v) is 3.91. The lowest BCUT2D eigenvalue weighted by Crippen LogP contribution is -2.15. The molecule has 2 heterocycles. The fourth-order valence-electron chi connectivity index (χ4n) is 2.22. The van der Waals surface area contributed by atoms with Gasteiger partial charge in [-0.1, -0.05) is 11.6 Å². The first kappa shape index (κ1) is 18.8. The summed E-state index contributed by atoms with van der Waals surface area (Å²) in [6, 6.07) is 9.34. The van der Waals surface area contributed by atoms with Crippen molar-refractivity contribution in [3.8, 4) is 0 Å². The fourth-order valence-corrected chi connectivity index (χ4v) is 2.38. The lowest BCUT2D eigenvalue weighted by molar-refractivity contribution is -0.137. The van der Waals surface area contributed by atoms with Gasteiger partial charge >= 0.3 is 6.18 Å². The van der Waals surface area contributed by atoms with Crippen LogP contribution in [-0.4, -0.2) is 10.9 Å². The minimum Gasteiger partial charge on any atom is -0.467 e. The SMILES string of the molecule is O=C(Nc1cc(C(F)(F)F)ccc1Cl)c1ccc(NCc2ccco2)cn1. The molecule has 0 radical (unpaired) electrons. The van der Waals surface area contributed by atoms with Gasteiger partial charge in [0.25, 0.3) is 5.91 Å². The van der Waals surface area contributed by atoms with Gasteiger partial charge < -0.3 is 15.1 Å². The van der Waals surface area contributed by atoms with Crippen molar-refractivity contribution in [2.45, 2.75) is 12.7 Å². The van der Waals surface area contributed by atoms with E-state index in [0.29, 0.717) is 12.2 Å². The maximum Gasteiger partial charge on any atom is 0.416 e. The van der Waals surface area contributed by atoms with E-state index in [1.165, 1.54) is 12.3 Å². The van der Waals surface area contributed by atoms with Crippen LogP contribution in [0.1, 0.15) is 21.8 Å². The largest absolute Gasteiger partial charge is 0.467 e. The Balaban J connectivity index is 1.67. The zero-order valence-corrected chi connectivity index (χ0v) is 14.4. The molecule has 0 spiro atoms. The molecule has 0 bridgehead atoms. The van der Waals surface area contributed by atoms with E-state index < -0.39 is 17.6 Å². The molecule has 0 atom stereocenters. The molecule has 1 aromatic carbocycles. The Morgan fingerprint density at radius 3 is 2.63 bits per heavy atom. The minimum atomic E-state index is -4.54. The summed E-state index contributed by atoms with van der Waals surface area (Å²) in [5, 5.41) is 5.40. The van der Waals surface area contributed by atoms with E-state index in [4.69, 9.17) is 16.0 Å². The number of hydrogen-bond donors (Lipinski definition) is 2. The number of halogens is 4. The highest BCUT2D eigenvalue weighted by molar-refractivity contribution is 6.33. The molecule has 0 saturated carbocycles. The molecular weight excluding hydrogens is 383 g/mol. The predicted molar refractivity (Wildman–Crippen MR) is 94.7 cm³/mol. The number of nitrogens with zero attached hydrogens (tertiary/aromatic N) is 1. The number of nitrogens with one attached hydrogen (secondary N) is 2. The summed E-state index contributed by atoms with van der Waals surface area (Å²) in [5.41, 5.74) is -0.363. The summed E-state index contributed by atoms with van der Waals surface area (Å²) in [5.74, 6) is 0.0600. The molecule has 2 aromatic heterocycles. The van der Waals surface area contributed by atoms with Crippen LogP contribution >= 0.6 is 11.6 Å². The first-order valence-corrected chi connectivity index (χ1v) is 8.11. The lowest BCUT2D eigenvalue weighted by Gasteiger charge is -2.11. The average Bonchev–Trinajstić information content (AvgIpc) is 3.15. The van der Waals surface area contributed by atoms with Gasteiger partial charge in [-0.15, -0.1) is 0 Å². The van der Waals surface area contributed by atoms with E-state index in [2.05, 4.69) is 15.6 Å². The number of alkyl halides is 3. The number of rotatable bonds is 5. The molecule has 0 saturated heterocycles.